The molecule has 0 bridgehead atoms. The van der Waals surface area contributed by atoms with E-state index in [9.17, 15) is 0 Å². The van der Waals surface area contributed by atoms with Gasteiger partial charge in [-0.1, -0.05) is 70.4 Å². The maximum absolute atomic E-state index is 2.43. The van der Waals surface area contributed by atoms with Crippen LogP contribution in [0.5, 0.6) is 0 Å². The van der Waals surface area contributed by atoms with Gasteiger partial charge in [-0.15, -0.1) is 0 Å². The van der Waals surface area contributed by atoms with E-state index >= 15 is 0 Å². The zero-order valence-corrected chi connectivity index (χ0v) is 15.6. The van der Waals surface area contributed by atoms with Gasteiger partial charge in [0.05, 0.1) is 0 Å². The van der Waals surface area contributed by atoms with Crippen molar-refractivity contribution in [2.45, 2.75) is 59.3 Å². The van der Waals surface area contributed by atoms with E-state index in [0.717, 1.165) is 0 Å². The van der Waals surface area contributed by atoms with Gasteiger partial charge in [0.2, 0.25) is 0 Å². The van der Waals surface area contributed by atoms with Crippen LogP contribution < -0.4 is 0 Å². The maximum Gasteiger partial charge on any atom is 0 e. The van der Waals surface area contributed by atoms with Crippen molar-refractivity contribution >= 4 is 40.3 Å². The van der Waals surface area contributed by atoms with Crippen molar-refractivity contribution in [1.82, 2.24) is 0 Å². The molecule has 2 rings (SSSR count). The molecule has 0 aliphatic heterocycles. The summed E-state index contributed by atoms with van der Waals surface area (Å²) >= 11 is 0. The van der Waals surface area contributed by atoms with Gasteiger partial charge in [-0.2, -0.15) is 0 Å². The average Bonchev–Trinajstić information content (AvgIpc) is 2.43. The molecule has 1 heteroatoms. The molecule has 0 nitrogen and oxygen atoms in total. The molecule has 2 aromatic rings. The minimum absolute atomic E-state index is 0. The topological polar surface area (TPSA) is 0 Å². The second-order valence-electron chi connectivity index (χ2n) is 5.46. The first-order valence-electron chi connectivity index (χ1n) is 7.84. The molecule has 0 atom stereocenters. The van der Waals surface area contributed by atoms with E-state index in [0.29, 0.717) is 0 Å². The minimum Gasteiger partial charge on any atom is -0.0651 e. The Morgan fingerprint density at radius 3 is 2.00 bits per heavy atom. The molecule has 2 aromatic carbocycles. The first kappa shape index (κ1) is 17.8. The van der Waals surface area contributed by atoms with Crippen LogP contribution in [0.15, 0.2) is 30.3 Å². The van der Waals surface area contributed by atoms with Gasteiger partial charge in [-0.05, 0) is 46.7 Å². The van der Waals surface area contributed by atoms with Crippen LogP contribution >= 0.6 is 0 Å². The van der Waals surface area contributed by atoms with E-state index in [1.807, 2.05) is 0 Å². The van der Waals surface area contributed by atoms with Crippen LogP contribution in [0.25, 0.3) is 10.8 Å². The second kappa shape index (κ2) is 8.87. The van der Waals surface area contributed by atoms with Crippen molar-refractivity contribution in [3.63, 3.8) is 0 Å². The Bertz CT molecular complexity index is 543. The van der Waals surface area contributed by atoms with E-state index in [1.165, 1.54) is 49.3 Å². The van der Waals surface area contributed by atoms with E-state index in [2.05, 4.69) is 51.1 Å². The summed E-state index contributed by atoms with van der Waals surface area (Å²) in [4.78, 5) is 0. The van der Waals surface area contributed by atoms with Crippen molar-refractivity contribution in [2.75, 3.05) is 0 Å². The molecule has 0 aliphatic carbocycles. The first-order valence-corrected chi connectivity index (χ1v) is 7.84. The summed E-state index contributed by atoms with van der Waals surface area (Å²) in [5.41, 5.74) is 4.85. The summed E-state index contributed by atoms with van der Waals surface area (Å²) in [6, 6.07) is 11.3. The molecule has 0 amide bonds. The normalized spacial score (nSPS) is 10.6. The Morgan fingerprint density at radius 2 is 1.35 bits per heavy atom. The molecule has 1 radical (unpaired) electrons. The largest absolute Gasteiger partial charge is 0.0651 e. The quantitative estimate of drug-likeness (QED) is 0.627. The van der Waals surface area contributed by atoms with Crippen LogP contribution in [-0.2, 0) is 19.3 Å². The molecule has 0 spiro atoms. The number of fused-ring (bicyclic) bond motifs is 1. The monoisotopic (exact) mass is 277 g/mol. The van der Waals surface area contributed by atoms with Gasteiger partial charge in [0.25, 0.3) is 0 Å². The summed E-state index contributed by atoms with van der Waals surface area (Å²) in [6.45, 7) is 6.86. The molecule has 0 heterocycles. The van der Waals surface area contributed by atoms with Gasteiger partial charge in [0.15, 0.2) is 0 Å². The Labute approximate surface area is 146 Å². The van der Waals surface area contributed by atoms with Crippen LogP contribution in [-0.4, -0.2) is 29.6 Å². The third-order valence-corrected chi connectivity index (χ3v) is 3.89. The smallest absolute Gasteiger partial charge is 0 e. The van der Waals surface area contributed by atoms with Gasteiger partial charge < -0.3 is 0 Å². The fourth-order valence-corrected chi connectivity index (χ4v) is 3.12. The Balaban J connectivity index is 0.00000200. The fourth-order valence-electron chi connectivity index (χ4n) is 3.12. The molecule has 0 aliphatic rings. The fraction of sp³-hybridized carbons (Fsp3) is 0.474. The first-order chi connectivity index (χ1) is 9.31. The standard InChI is InChI=1S/C19H26.Na/c1-4-9-15-14-16-12-7-8-13-18(16)19(11-6-3)17(15)10-5-2;/h7-8,12-14H,4-6,9-11H2,1-3H3;. The molecule has 103 valence electrons. The van der Waals surface area contributed by atoms with Crippen molar-refractivity contribution in [3.05, 3.63) is 47.0 Å². The number of rotatable bonds is 6. The average molecular weight is 277 g/mol. The number of benzene rings is 2. The van der Waals surface area contributed by atoms with Gasteiger partial charge in [-0.25, -0.2) is 0 Å². The predicted octanol–water partition coefficient (Wildman–Crippen LogP) is 5.32. The number of aryl methyl sites for hydroxylation is 2. The molecule has 0 aromatic heterocycles. The minimum atomic E-state index is 0. The van der Waals surface area contributed by atoms with Crippen LogP contribution in [0.1, 0.15) is 56.7 Å². The molecular formula is C19H26Na. The van der Waals surface area contributed by atoms with Crippen molar-refractivity contribution in [2.24, 2.45) is 0 Å². The molecule has 20 heavy (non-hydrogen) atoms. The van der Waals surface area contributed by atoms with Crippen molar-refractivity contribution in [3.8, 4) is 0 Å². The zero-order valence-electron chi connectivity index (χ0n) is 13.6. The summed E-state index contributed by atoms with van der Waals surface area (Å²) in [5, 5.41) is 2.90. The van der Waals surface area contributed by atoms with E-state index < -0.39 is 0 Å². The van der Waals surface area contributed by atoms with Crippen LogP contribution in [0, 0.1) is 0 Å². The van der Waals surface area contributed by atoms with Crippen LogP contribution in [0.2, 0.25) is 0 Å². The molecule has 0 fully saturated rings. The maximum atomic E-state index is 2.43. The Morgan fingerprint density at radius 1 is 0.750 bits per heavy atom. The van der Waals surface area contributed by atoms with Crippen molar-refractivity contribution < 1.29 is 0 Å². The summed E-state index contributed by atoms with van der Waals surface area (Å²) < 4.78 is 0. The zero-order chi connectivity index (χ0) is 13.7. The Kier molecular flexibility index (Phi) is 7.87. The Hall–Kier alpha value is -0.300. The van der Waals surface area contributed by atoms with E-state index in [4.69, 9.17) is 0 Å². The second-order valence-corrected chi connectivity index (χ2v) is 5.46. The van der Waals surface area contributed by atoms with Gasteiger partial charge in [0.1, 0.15) is 0 Å². The summed E-state index contributed by atoms with van der Waals surface area (Å²) in [7, 11) is 0. The molecule has 0 saturated heterocycles. The van der Waals surface area contributed by atoms with Gasteiger partial charge in [-0.3, -0.25) is 0 Å². The molecule has 0 saturated carbocycles. The van der Waals surface area contributed by atoms with E-state index in [1.54, 1.807) is 16.7 Å². The number of hydrogen-bond donors (Lipinski definition) is 0. The van der Waals surface area contributed by atoms with Crippen LogP contribution in [0.4, 0.5) is 0 Å². The number of hydrogen-bond acceptors (Lipinski definition) is 0. The molecular weight excluding hydrogens is 251 g/mol. The third-order valence-electron chi connectivity index (χ3n) is 3.89. The summed E-state index contributed by atoms with van der Waals surface area (Å²) in [6.07, 6.45) is 7.38. The third kappa shape index (κ3) is 3.87. The SMILES string of the molecule is CCCc1cc2ccccc2c(CCC)c1CCC.[Na]. The van der Waals surface area contributed by atoms with Crippen LogP contribution in [0.3, 0.4) is 0 Å². The molecule has 0 N–H and O–H groups in total. The van der Waals surface area contributed by atoms with Crippen molar-refractivity contribution in [1.29, 1.82) is 0 Å². The van der Waals surface area contributed by atoms with Gasteiger partial charge >= 0.3 is 0 Å². The van der Waals surface area contributed by atoms with E-state index in [-0.39, 0.29) is 29.6 Å². The molecule has 0 unspecified atom stereocenters. The summed E-state index contributed by atoms with van der Waals surface area (Å²) in [5.74, 6) is 0. The van der Waals surface area contributed by atoms with Gasteiger partial charge in [0, 0.05) is 29.6 Å². The predicted molar refractivity (Wildman–Crippen MR) is 91.7 cm³/mol.